The molecule has 1 aromatic carbocycles. The molecule has 0 unspecified atom stereocenters. The molecule has 0 radical (unpaired) electrons. The Hall–Kier alpha value is -1.61. The number of rotatable bonds is 14. The molecule has 1 aromatic rings. The van der Waals surface area contributed by atoms with E-state index in [1.54, 1.807) is 38.4 Å². The van der Waals surface area contributed by atoms with Gasteiger partial charge in [0.05, 0.1) is 18.9 Å². The van der Waals surface area contributed by atoms with E-state index in [0.29, 0.717) is 11.4 Å². The first-order chi connectivity index (χ1) is 14.9. The maximum Gasteiger partial charge on any atom is 0.301 e. The molecule has 1 aliphatic carbocycles. The second kappa shape index (κ2) is 13.1. The van der Waals surface area contributed by atoms with Crippen molar-refractivity contribution >= 4 is 15.9 Å². The maximum atomic E-state index is 12.7. The van der Waals surface area contributed by atoms with Crippen molar-refractivity contribution in [1.29, 1.82) is 0 Å². The van der Waals surface area contributed by atoms with Crippen LogP contribution in [0.3, 0.4) is 0 Å². The van der Waals surface area contributed by atoms with Gasteiger partial charge in [0.15, 0.2) is 0 Å². The number of methoxy groups -OCH3 is 1. The van der Waals surface area contributed by atoms with Crippen LogP contribution in [0.5, 0.6) is 5.75 Å². The SMILES string of the molecule is C=CCN(C)CCCCCO[C@H]1CC[C@H](N(C)S(=O)(=O)Nc2ccc(OC)cc2)CC1. The number of nitrogens with zero attached hydrogens (tertiary/aromatic N) is 2. The lowest BCUT2D eigenvalue weighted by atomic mass is 9.93. The van der Waals surface area contributed by atoms with E-state index in [1.807, 2.05) is 6.08 Å². The second-order valence-corrected chi connectivity index (χ2v) is 9.99. The summed E-state index contributed by atoms with van der Waals surface area (Å²) in [6.45, 7) is 6.56. The van der Waals surface area contributed by atoms with Crippen LogP contribution in [0, 0.1) is 0 Å². The van der Waals surface area contributed by atoms with Crippen LogP contribution in [-0.4, -0.2) is 70.7 Å². The standard InChI is InChI=1S/C23H39N3O4S/c1-5-17-25(2)18-7-6-8-19-30-23-15-11-21(12-16-23)26(3)31(27,28)24-20-9-13-22(29-4)14-10-20/h5,9-10,13-14,21,23-24H,1,6-8,11-12,15-19H2,2-4H3/t21-,23-. The molecule has 1 N–H and O–H groups in total. The Kier molecular flexibility index (Phi) is 10.8. The zero-order chi connectivity index (χ0) is 22.7. The van der Waals surface area contributed by atoms with Gasteiger partial charge in [0.25, 0.3) is 0 Å². The van der Waals surface area contributed by atoms with Gasteiger partial charge < -0.3 is 14.4 Å². The van der Waals surface area contributed by atoms with Gasteiger partial charge in [-0.2, -0.15) is 12.7 Å². The summed E-state index contributed by atoms with van der Waals surface area (Å²) >= 11 is 0. The number of hydrogen-bond acceptors (Lipinski definition) is 5. The Bertz CT molecular complexity index is 747. The zero-order valence-corrected chi connectivity index (χ0v) is 20.1. The Labute approximate surface area is 188 Å². The molecular weight excluding hydrogens is 414 g/mol. The van der Waals surface area contributed by atoms with Gasteiger partial charge in [-0.3, -0.25) is 4.72 Å². The lowest BCUT2D eigenvalue weighted by Gasteiger charge is -2.34. The smallest absolute Gasteiger partial charge is 0.301 e. The number of anilines is 1. The second-order valence-electron chi connectivity index (χ2n) is 8.26. The van der Waals surface area contributed by atoms with Gasteiger partial charge in [0, 0.05) is 26.2 Å². The van der Waals surface area contributed by atoms with Gasteiger partial charge in [0.2, 0.25) is 0 Å². The van der Waals surface area contributed by atoms with E-state index in [2.05, 4.69) is 23.2 Å². The van der Waals surface area contributed by atoms with E-state index in [4.69, 9.17) is 9.47 Å². The van der Waals surface area contributed by atoms with Crippen LogP contribution in [0.1, 0.15) is 44.9 Å². The summed E-state index contributed by atoms with van der Waals surface area (Å²) in [5.41, 5.74) is 0.528. The van der Waals surface area contributed by atoms with E-state index < -0.39 is 10.2 Å². The van der Waals surface area contributed by atoms with Crippen molar-refractivity contribution in [3.05, 3.63) is 36.9 Å². The first-order valence-electron chi connectivity index (χ1n) is 11.2. The molecule has 0 heterocycles. The topological polar surface area (TPSA) is 71.1 Å². The van der Waals surface area contributed by atoms with E-state index >= 15 is 0 Å². The minimum atomic E-state index is -3.60. The highest BCUT2D eigenvalue weighted by Gasteiger charge is 2.30. The summed E-state index contributed by atoms with van der Waals surface area (Å²) in [7, 11) is 1.75. The van der Waals surface area contributed by atoms with Crippen molar-refractivity contribution < 1.29 is 17.9 Å². The molecule has 0 spiro atoms. The molecule has 0 saturated heterocycles. The predicted octanol–water partition coefficient (Wildman–Crippen LogP) is 3.90. The number of benzene rings is 1. The number of unbranched alkanes of at least 4 members (excludes halogenated alkanes) is 2. The summed E-state index contributed by atoms with van der Waals surface area (Å²) in [5.74, 6) is 0.689. The number of likely N-dealkylation sites (N-methyl/N-ethyl adjacent to an activating group) is 1. The van der Waals surface area contributed by atoms with Gasteiger partial charge in [-0.15, -0.1) is 6.58 Å². The van der Waals surface area contributed by atoms with Crippen LogP contribution < -0.4 is 9.46 Å². The highest BCUT2D eigenvalue weighted by molar-refractivity contribution is 7.90. The Morgan fingerprint density at radius 3 is 2.39 bits per heavy atom. The number of hydrogen-bond donors (Lipinski definition) is 1. The molecule has 31 heavy (non-hydrogen) atoms. The molecule has 1 aliphatic rings. The average Bonchev–Trinajstić information content (AvgIpc) is 2.76. The van der Waals surface area contributed by atoms with Crippen molar-refractivity contribution in [2.45, 2.75) is 57.1 Å². The highest BCUT2D eigenvalue weighted by atomic mass is 32.2. The number of ether oxygens (including phenoxy) is 2. The average molecular weight is 454 g/mol. The minimum absolute atomic E-state index is 0.00371. The largest absolute Gasteiger partial charge is 0.497 e. The lowest BCUT2D eigenvalue weighted by molar-refractivity contribution is 0.0156. The summed E-state index contributed by atoms with van der Waals surface area (Å²) in [4.78, 5) is 2.27. The molecule has 0 aliphatic heterocycles. The predicted molar refractivity (Wildman–Crippen MR) is 127 cm³/mol. The van der Waals surface area contributed by atoms with Crippen molar-refractivity contribution in [1.82, 2.24) is 9.21 Å². The third-order valence-corrected chi connectivity index (χ3v) is 7.40. The molecular formula is C23H39N3O4S. The third-order valence-electron chi connectivity index (χ3n) is 5.85. The quantitative estimate of drug-likeness (QED) is 0.342. The summed E-state index contributed by atoms with van der Waals surface area (Å²) in [5, 5.41) is 0. The summed E-state index contributed by atoms with van der Waals surface area (Å²) in [6, 6.07) is 6.87. The Morgan fingerprint density at radius 2 is 1.77 bits per heavy atom. The third kappa shape index (κ3) is 8.80. The summed E-state index contributed by atoms with van der Waals surface area (Å²) < 4.78 is 40.8. The fourth-order valence-electron chi connectivity index (χ4n) is 3.87. The van der Waals surface area contributed by atoms with Crippen LogP contribution >= 0.6 is 0 Å². The molecule has 0 bridgehead atoms. The van der Waals surface area contributed by atoms with Gasteiger partial charge in [-0.25, -0.2) is 0 Å². The Balaban J connectivity index is 1.67. The lowest BCUT2D eigenvalue weighted by Crippen LogP contribution is -2.43. The van der Waals surface area contributed by atoms with Crippen LogP contribution in [0.15, 0.2) is 36.9 Å². The van der Waals surface area contributed by atoms with Crippen molar-refractivity contribution in [2.24, 2.45) is 0 Å². The van der Waals surface area contributed by atoms with Crippen molar-refractivity contribution in [2.75, 3.05) is 45.6 Å². The van der Waals surface area contributed by atoms with E-state index in [0.717, 1.165) is 58.2 Å². The van der Waals surface area contributed by atoms with Crippen LogP contribution in [0.4, 0.5) is 5.69 Å². The fourth-order valence-corrected chi connectivity index (χ4v) is 5.06. The van der Waals surface area contributed by atoms with E-state index in [1.165, 1.54) is 10.7 Å². The van der Waals surface area contributed by atoms with Crippen LogP contribution in [0.2, 0.25) is 0 Å². The van der Waals surface area contributed by atoms with E-state index in [-0.39, 0.29) is 12.1 Å². The van der Waals surface area contributed by atoms with Crippen LogP contribution in [-0.2, 0) is 14.9 Å². The van der Waals surface area contributed by atoms with Gasteiger partial charge >= 0.3 is 10.2 Å². The summed E-state index contributed by atoms with van der Waals surface area (Å²) in [6.07, 6.45) is 9.00. The molecule has 8 heteroatoms. The molecule has 0 aromatic heterocycles. The van der Waals surface area contributed by atoms with Gasteiger partial charge in [0.1, 0.15) is 5.75 Å². The zero-order valence-electron chi connectivity index (χ0n) is 19.3. The molecule has 2 rings (SSSR count). The molecule has 0 amide bonds. The maximum absolute atomic E-state index is 12.7. The fraction of sp³-hybridized carbons (Fsp3) is 0.652. The van der Waals surface area contributed by atoms with Crippen molar-refractivity contribution in [3.8, 4) is 5.75 Å². The molecule has 1 saturated carbocycles. The number of nitrogens with one attached hydrogen (secondary N) is 1. The Morgan fingerprint density at radius 1 is 1.10 bits per heavy atom. The first kappa shape index (κ1) is 25.6. The van der Waals surface area contributed by atoms with Gasteiger partial charge in [-0.1, -0.05) is 6.08 Å². The molecule has 176 valence electrons. The molecule has 1 fully saturated rings. The van der Waals surface area contributed by atoms with Crippen LogP contribution in [0.25, 0.3) is 0 Å². The molecule has 7 nitrogen and oxygen atoms in total. The molecule has 0 atom stereocenters. The van der Waals surface area contributed by atoms with E-state index in [9.17, 15) is 8.42 Å². The first-order valence-corrected chi connectivity index (χ1v) is 12.6. The highest BCUT2D eigenvalue weighted by Crippen LogP contribution is 2.27. The van der Waals surface area contributed by atoms with Gasteiger partial charge in [-0.05, 0) is 82.8 Å². The minimum Gasteiger partial charge on any atom is -0.497 e. The monoisotopic (exact) mass is 453 g/mol. The van der Waals surface area contributed by atoms with Crippen molar-refractivity contribution in [3.63, 3.8) is 0 Å². The normalized spacial score (nSPS) is 19.5.